The van der Waals surface area contributed by atoms with Gasteiger partial charge in [-0.25, -0.2) is 4.79 Å². The normalized spacial score (nSPS) is 24.1. The molecule has 3 atom stereocenters. The van der Waals surface area contributed by atoms with Crippen molar-refractivity contribution in [3.05, 3.63) is 32.6 Å². The predicted molar refractivity (Wildman–Crippen MR) is 65.7 cm³/mol. The molecular formula is C10H15N2O5P. The lowest BCUT2D eigenvalue weighted by atomic mass is 10.2. The first-order valence-corrected chi connectivity index (χ1v) is 6.45. The van der Waals surface area contributed by atoms with Crippen molar-refractivity contribution in [2.75, 3.05) is 6.61 Å². The molecule has 18 heavy (non-hydrogen) atoms. The topological polar surface area (TPSA) is 93.6 Å². The minimum absolute atomic E-state index is 0.131. The van der Waals surface area contributed by atoms with Crippen LogP contribution in [0.3, 0.4) is 0 Å². The molecule has 2 rings (SSSR count). The Morgan fingerprint density at radius 3 is 3.11 bits per heavy atom. The highest BCUT2D eigenvalue weighted by molar-refractivity contribution is 7.24. The third-order valence-corrected chi connectivity index (χ3v) is 3.17. The highest BCUT2D eigenvalue weighted by atomic mass is 31.1. The second-order valence-corrected chi connectivity index (χ2v) is 4.64. The standard InChI is InChI=1S/C10H15N2O5P/c1-6-4-12(10(14)11-9(6)13)8-3-2-7(17-8)5-16-18-15/h4,7-8,15,18H,2-3,5H2,1H3,(H,11,13,14). The Labute approximate surface area is 105 Å². The summed E-state index contributed by atoms with van der Waals surface area (Å²) in [5.41, 5.74) is -0.383. The van der Waals surface area contributed by atoms with Crippen molar-refractivity contribution in [2.45, 2.75) is 32.1 Å². The summed E-state index contributed by atoms with van der Waals surface area (Å²) in [5, 5.41) is 0. The van der Waals surface area contributed by atoms with Crippen molar-refractivity contribution >= 4 is 9.03 Å². The van der Waals surface area contributed by atoms with E-state index in [0.29, 0.717) is 18.6 Å². The van der Waals surface area contributed by atoms with Crippen molar-refractivity contribution < 1.29 is 14.2 Å². The number of H-pyrrole nitrogens is 1. The van der Waals surface area contributed by atoms with E-state index in [-0.39, 0.29) is 17.9 Å². The zero-order valence-corrected chi connectivity index (χ0v) is 10.9. The maximum Gasteiger partial charge on any atom is 0.330 e. The van der Waals surface area contributed by atoms with Gasteiger partial charge in [0.2, 0.25) is 0 Å². The average molecular weight is 274 g/mol. The van der Waals surface area contributed by atoms with Crippen molar-refractivity contribution in [2.24, 2.45) is 0 Å². The molecule has 0 amide bonds. The Balaban J connectivity index is 2.12. The molecule has 1 aliphatic heterocycles. The van der Waals surface area contributed by atoms with Crippen molar-refractivity contribution in [3.8, 4) is 0 Å². The molecule has 0 aromatic carbocycles. The molecule has 0 aliphatic carbocycles. The van der Waals surface area contributed by atoms with Crippen molar-refractivity contribution in [3.63, 3.8) is 0 Å². The van der Waals surface area contributed by atoms with Gasteiger partial charge in [-0.05, 0) is 19.8 Å². The Morgan fingerprint density at radius 1 is 1.61 bits per heavy atom. The molecule has 1 fully saturated rings. The zero-order chi connectivity index (χ0) is 13.1. The van der Waals surface area contributed by atoms with Crippen LogP contribution >= 0.6 is 9.03 Å². The van der Waals surface area contributed by atoms with Gasteiger partial charge in [0.1, 0.15) is 6.23 Å². The van der Waals surface area contributed by atoms with Crippen LogP contribution in [-0.4, -0.2) is 27.2 Å². The first kappa shape index (κ1) is 13.4. The number of nitrogens with one attached hydrogen (secondary N) is 1. The molecule has 8 heteroatoms. The lowest BCUT2D eigenvalue weighted by Gasteiger charge is -2.15. The average Bonchev–Trinajstić information content (AvgIpc) is 2.79. The molecule has 2 heterocycles. The van der Waals surface area contributed by atoms with Gasteiger partial charge in [0.25, 0.3) is 5.56 Å². The van der Waals surface area contributed by atoms with Gasteiger partial charge in [0.15, 0.2) is 9.03 Å². The first-order valence-electron chi connectivity index (χ1n) is 5.60. The summed E-state index contributed by atoms with van der Waals surface area (Å²) in [6.07, 6.45) is 2.41. The second-order valence-electron chi connectivity index (χ2n) is 4.17. The summed E-state index contributed by atoms with van der Waals surface area (Å²) in [5.74, 6) is 0. The van der Waals surface area contributed by atoms with Crippen LogP contribution in [0.5, 0.6) is 0 Å². The molecule has 0 spiro atoms. The molecule has 7 nitrogen and oxygen atoms in total. The number of rotatable bonds is 4. The summed E-state index contributed by atoms with van der Waals surface area (Å²) in [6, 6.07) is 0. The van der Waals surface area contributed by atoms with E-state index in [1.165, 1.54) is 10.8 Å². The Morgan fingerprint density at radius 2 is 2.39 bits per heavy atom. The molecule has 0 bridgehead atoms. The van der Waals surface area contributed by atoms with Crippen LogP contribution < -0.4 is 11.2 Å². The molecule has 1 aromatic heterocycles. The van der Waals surface area contributed by atoms with Gasteiger partial charge >= 0.3 is 5.69 Å². The molecule has 100 valence electrons. The fraction of sp³-hybridized carbons (Fsp3) is 0.600. The summed E-state index contributed by atoms with van der Waals surface area (Å²) >= 11 is 0. The van der Waals surface area contributed by atoms with E-state index in [1.807, 2.05) is 0 Å². The van der Waals surface area contributed by atoms with Crippen LogP contribution in [0.1, 0.15) is 24.6 Å². The van der Waals surface area contributed by atoms with E-state index < -0.39 is 14.7 Å². The van der Waals surface area contributed by atoms with Crippen LogP contribution in [0, 0.1) is 6.92 Å². The highest BCUT2D eigenvalue weighted by Gasteiger charge is 2.27. The van der Waals surface area contributed by atoms with E-state index in [0.717, 1.165) is 6.42 Å². The second kappa shape index (κ2) is 5.75. The number of hydrogen-bond acceptors (Lipinski definition) is 5. The van der Waals surface area contributed by atoms with E-state index in [1.54, 1.807) is 6.92 Å². The minimum Gasteiger partial charge on any atom is -0.352 e. The molecule has 1 aliphatic rings. The Bertz CT molecular complexity index is 526. The molecule has 2 N–H and O–H groups in total. The van der Waals surface area contributed by atoms with Gasteiger partial charge in [-0.3, -0.25) is 14.3 Å². The molecular weight excluding hydrogens is 259 g/mol. The molecule has 1 saturated heterocycles. The van der Waals surface area contributed by atoms with Gasteiger partial charge in [-0.2, -0.15) is 0 Å². The molecule has 0 radical (unpaired) electrons. The monoisotopic (exact) mass is 274 g/mol. The number of nitrogens with zero attached hydrogens (tertiary/aromatic N) is 1. The Hall–Kier alpha value is -1.01. The van der Waals surface area contributed by atoms with Gasteiger partial charge in [0, 0.05) is 11.8 Å². The largest absolute Gasteiger partial charge is 0.352 e. The lowest BCUT2D eigenvalue weighted by Crippen LogP contribution is -2.33. The van der Waals surface area contributed by atoms with Crippen LogP contribution in [0.15, 0.2) is 15.8 Å². The first-order chi connectivity index (χ1) is 8.61. The van der Waals surface area contributed by atoms with Crippen molar-refractivity contribution in [1.82, 2.24) is 9.55 Å². The quantitative estimate of drug-likeness (QED) is 0.756. The molecule has 1 aromatic rings. The summed E-state index contributed by atoms with van der Waals surface area (Å²) < 4.78 is 11.9. The number of ether oxygens (including phenoxy) is 1. The van der Waals surface area contributed by atoms with Gasteiger partial charge in [-0.1, -0.05) is 0 Å². The zero-order valence-electron chi connectivity index (χ0n) is 9.88. The number of aromatic amines is 1. The lowest BCUT2D eigenvalue weighted by molar-refractivity contribution is -0.0190. The summed E-state index contributed by atoms with van der Waals surface area (Å²) in [4.78, 5) is 33.7. The fourth-order valence-electron chi connectivity index (χ4n) is 1.94. The fourth-order valence-corrected chi connectivity index (χ4v) is 2.20. The van der Waals surface area contributed by atoms with E-state index in [9.17, 15) is 9.59 Å². The smallest absolute Gasteiger partial charge is 0.330 e. The van der Waals surface area contributed by atoms with E-state index in [2.05, 4.69) is 4.98 Å². The molecule has 3 unspecified atom stereocenters. The van der Waals surface area contributed by atoms with Crippen LogP contribution in [-0.2, 0) is 9.26 Å². The third kappa shape index (κ3) is 2.87. The third-order valence-electron chi connectivity index (χ3n) is 2.88. The van der Waals surface area contributed by atoms with Crippen LogP contribution in [0.4, 0.5) is 0 Å². The maximum atomic E-state index is 11.7. The van der Waals surface area contributed by atoms with Crippen LogP contribution in [0.25, 0.3) is 0 Å². The minimum atomic E-state index is -0.559. The van der Waals surface area contributed by atoms with E-state index >= 15 is 0 Å². The number of aryl methyl sites for hydroxylation is 1. The number of aromatic nitrogens is 2. The highest BCUT2D eigenvalue weighted by Crippen LogP contribution is 2.27. The number of hydrogen-bond donors (Lipinski definition) is 2. The summed E-state index contributed by atoms with van der Waals surface area (Å²) in [6.45, 7) is 1.94. The predicted octanol–water partition coefficient (Wildman–Crippen LogP) is 0.0400. The van der Waals surface area contributed by atoms with E-state index in [4.69, 9.17) is 14.2 Å². The van der Waals surface area contributed by atoms with Crippen molar-refractivity contribution in [1.29, 1.82) is 0 Å². The summed E-state index contributed by atoms with van der Waals surface area (Å²) in [7, 11) is -0.559. The van der Waals surface area contributed by atoms with Gasteiger partial charge in [0.05, 0.1) is 12.7 Å². The SMILES string of the molecule is Cc1cn(C2CCC(COPO)O2)c(=O)[nH]c1=O. The Kier molecular flexibility index (Phi) is 4.29. The maximum absolute atomic E-state index is 11.7. The van der Waals surface area contributed by atoms with Gasteiger partial charge < -0.3 is 14.2 Å². The van der Waals surface area contributed by atoms with Crippen LogP contribution in [0.2, 0.25) is 0 Å². The molecule has 0 saturated carbocycles. The van der Waals surface area contributed by atoms with Gasteiger partial charge in [-0.15, -0.1) is 0 Å².